The number of furan rings is 1. The Morgan fingerprint density at radius 2 is 1.88 bits per heavy atom. The summed E-state index contributed by atoms with van der Waals surface area (Å²) in [4.78, 5) is 30.7. The van der Waals surface area contributed by atoms with Crippen LogP contribution in [-0.4, -0.2) is 15.6 Å². The zero-order chi connectivity index (χ0) is 27.4. The third-order valence-corrected chi connectivity index (χ3v) is 8.31. The lowest BCUT2D eigenvalue weighted by molar-refractivity contribution is 0.0697. The van der Waals surface area contributed by atoms with E-state index in [0.29, 0.717) is 32.0 Å². The highest BCUT2D eigenvalue weighted by atomic mass is 32.1. The fourth-order valence-electron chi connectivity index (χ4n) is 5.52. The minimum absolute atomic E-state index is 0.159. The average Bonchev–Trinajstić information content (AvgIpc) is 3.56. The normalized spacial score (nSPS) is 16.2. The molecule has 196 valence electrons. The molecule has 3 heterocycles. The lowest BCUT2D eigenvalue weighted by atomic mass is 9.83. The molecule has 3 aromatic carbocycles. The van der Waals surface area contributed by atoms with Gasteiger partial charge in [0.05, 0.1) is 21.8 Å². The summed E-state index contributed by atoms with van der Waals surface area (Å²) in [5.41, 5.74) is 5.36. The number of carboxylic acids is 1. The van der Waals surface area contributed by atoms with Crippen LogP contribution >= 0.6 is 11.3 Å². The molecule has 0 unspecified atom stereocenters. The van der Waals surface area contributed by atoms with Crippen molar-refractivity contribution < 1.29 is 18.7 Å². The van der Waals surface area contributed by atoms with Crippen molar-refractivity contribution >= 4 is 29.1 Å². The molecule has 5 aromatic rings. The van der Waals surface area contributed by atoms with Crippen molar-refractivity contribution in [3.05, 3.63) is 144 Å². The van der Waals surface area contributed by atoms with Crippen LogP contribution in [0.2, 0.25) is 0 Å². The Bertz CT molecular complexity index is 2050. The number of carbonyl (C=O) groups is 1. The van der Waals surface area contributed by atoms with E-state index in [-0.39, 0.29) is 16.9 Å². The minimum atomic E-state index is -1.02. The maximum atomic E-state index is 14.4. The van der Waals surface area contributed by atoms with Gasteiger partial charge in [0.15, 0.2) is 4.80 Å². The molecule has 0 bridgehead atoms. The van der Waals surface area contributed by atoms with Crippen LogP contribution in [0.4, 0.5) is 4.39 Å². The monoisotopic (exact) mass is 548 g/mol. The van der Waals surface area contributed by atoms with Crippen molar-refractivity contribution in [2.24, 2.45) is 4.99 Å². The maximum absolute atomic E-state index is 14.4. The summed E-state index contributed by atoms with van der Waals surface area (Å²) in [7, 11) is 0. The van der Waals surface area contributed by atoms with Gasteiger partial charge < -0.3 is 9.52 Å². The highest BCUT2D eigenvalue weighted by Gasteiger charge is 2.32. The Labute approximate surface area is 231 Å². The Hall–Kier alpha value is -4.82. The second-order valence-corrected chi connectivity index (χ2v) is 10.8. The van der Waals surface area contributed by atoms with Crippen molar-refractivity contribution in [3.63, 3.8) is 0 Å². The van der Waals surface area contributed by atoms with E-state index >= 15 is 0 Å². The van der Waals surface area contributed by atoms with Crippen LogP contribution in [0.5, 0.6) is 0 Å². The Kier molecular flexibility index (Phi) is 5.71. The van der Waals surface area contributed by atoms with Crippen LogP contribution < -0.4 is 14.9 Å². The molecule has 2 aliphatic rings. The van der Waals surface area contributed by atoms with Gasteiger partial charge in [0.25, 0.3) is 5.56 Å². The summed E-state index contributed by atoms with van der Waals surface area (Å²) < 4.78 is 22.5. The van der Waals surface area contributed by atoms with Gasteiger partial charge in [0, 0.05) is 17.2 Å². The molecular formula is C32H21FN2O4S. The molecule has 1 aliphatic carbocycles. The number of benzene rings is 3. The number of fused-ring (bicyclic) bond motifs is 3. The molecule has 6 nitrogen and oxygen atoms in total. The van der Waals surface area contributed by atoms with E-state index in [4.69, 9.17) is 9.41 Å². The first kappa shape index (κ1) is 24.2. The fraction of sp³-hybridized carbons (Fsp3) is 0.0938. The third-order valence-electron chi connectivity index (χ3n) is 7.33. The molecule has 0 saturated heterocycles. The summed E-state index contributed by atoms with van der Waals surface area (Å²) in [6.45, 7) is 0. The predicted octanol–water partition coefficient (Wildman–Crippen LogP) is 5.42. The molecule has 1 aliphatic heterocycles. The highest BCUT2D eigenvalue weighted by molar-refractivity contribution is 7.07. The number of halogens is 1. The Morgan fingerprint density at radius 1 is 1.02 bits per heavy atom. The van der Waals surface area contributed by atoms with E-state index in [1.54, 1.807) is 47.0 Å². The van der Waals surface area contributed by atoms with Gasteiger partial charge in [-0.25, -0.2) is 14.2 Å². The zero-order valence-electron chi connectivity index (χ0n) is 21.0. The van der Waals surface area contributed by atoms with E-state index in [2.05, 4.69) is 6.07 Å². The van der Waals surface area contributed by atoms with Crippen molar-refractivity contribution in [1.29, 1.82) is 0 Å². The van der Waals surface area contributed by atoms with Gasteiger partial charge in [-0.05, 0) is 65.9 Å². The van der Waals surface area contributed by atoms with Crippen LogP contribution in [0, 0.1) is 5.82 Å². The molecule has 0 spiro atoms. The number of aromatic nitrogens is 1. The molecule has 2 aromatic heterocycles. The molecule has 0 saturated carbocycles. The van der Waals surface area contributed by atoms with Crippen LogP contribution in [0.3, 0.4) is 0 Å². The van der Waals surface area contributed by atoms with Crippen molar-refractivity contribution in [2.75, 3.05) is 0 Å². The second kappa shape index (κ2) is 9.43. The van der Waals surface area contributed by atoms with Gasteiger partial charge >= 0.3 is 5.97 Å². The molecule has 8 heteroatoms. The van der Waals surface area contributed by atoms with Gasteiger partial charge in [-0.3, -0.25) is 9.36 Å². The van der Waals surface area contributed by atoms with Crippen LogP contribution in [0.25, 0.3) is 23.1 Å². The number of thiazole rings is 1. The fourth-order valence-corrected chi connectivity index (χ4v) is 6.50. The molecule has 7 rings (SSSR count). The number of hydrogen-bond donors (Lipinski definition) is 1. The number of aryl methyl sites for hydroxylation is 1. The quantitative estimate of drug-likeness (QED) is 0.325. The SMILES string of the molecule is O=C(O)c1cccc(-c2ccc(C=c3sc4n(c3=O)[C@@H](c3cccc(F)c3)C3=C(N=4)c4ccccc4CC3)o2)c1. The minimum Gasteiger partial charge on any atom is -0.478 e. The number of hydrogen-bond acceptors (Lipinski definition) is 5. The van der Waals surface area contributed by atoms with Gasteiger partial charge in [0.2, 0.25) is 0 Å². The summed E-state index contributed by atoms with van der Waals surface area (Å²) in [6, 6.07) is 24.1. The predicted molar refractivity (Wildman–Crippen MR) is 150 cm³/mol. The Balaban J connectivity index is 1.38. The van der Waals surface area contributed by atoms with E-state index in [9.17, 15) is 19.1 Å². The van der Waals surface area contributed by atoms with E-state index in [0.717, 1.165) is 29.7 Å². The molecule has 0 radical (unpaired) electrons. The molecule has 1 N–H and O–H groups in total. The Morgan fingerprint density at radius 3 is 2.73 bits per heavy atom. The van der Waals surface area contributed by atoms with Gasteiger partial charge in [0.1, 0.15) is 17.3 Å². The van der Waals surface area contributed by atoms with Gasteiger partial charge in [-0.15, -0.1) is 0 Å². The summed E-state index contributed by atoms with van der Waals surface area (Å²) in [6.07, 6.45) is 3.21. The van der Waals surface area contributed by atoms with E-state index in [1.807, 2.05) is 24.3 Å². The summed E-state index contributed by atoms with van der Waals surface area (Å²) in [5.74, 6) is -0.429. The summed E-state index contributed by atoms with van der Waals surface area (Å²) >= 11 is 1.26. The molecule has 0 amide bonds. The van der Waals surface area contributed by atoms with E-state index < -0.39 is 12.0 Å². The standard InChI is InChI=1S/C32H21FN2O4S/c33-22-9-4-7-20(16-22)29-25-13-11-18-5-1-2-10-24(18)28(25)34-32-35(29)30(36)27(40-32)17-23-12-14-26(39-23)19-6-3-8-21(15-19)31(37)38/h1-10,12,14-17,29H,11,13H2,(H,37,38)/t29-/m0/s1. The van der Waals surface area contributed by atoms with Gasteiger partial charge in [-0.1, -0.05) is 59.9 Å². The number of rotatable bonds is 4. The van der Waals surface area contributed by atoms with Crippen LogP contribution in [-0.2, 0) is 6.42 Å². The third kappa shape index (κ3) is 4.04. The highest BCUT2D eigenvalue weighted by Crippen LogP contribution is 2.41. The number of aromatic carboxylic acids is 1. The van der Waals surface area contributed by atoms with Gasteiger partial charge in [-0.2, -0.15) is 0 Å². The second-order valence-electron chi connectivity index (χ2n) is 9.76. The first-order chi connectivity index (χ1) is 19.5. The first-order valence-corrected chi connectivity index (χ1v) is 13.6. The number of allylic oxidation sites excluding steroid dienone is 1. The topological polar surface area (TPSA) is 84.8 Å². The largest absolute Gasteiger partial charge is 0.478 e. The average molecular weight is 549 g/mol. The summed E-state index contributed by atoms with van der Waals surface area (Å²) in [5, 5.41) is 9.31. The lowest BCUT2D eigenvalue weighted by Gasteiger charge is -2.30. The van der Waals surface area contributed by atoms with Crippen molar-refractivity contribution in [2.45, 2.75) is 18.9 Å². The smallest absolute Gasteiger partial charge is 0.335 e. The van der Waals surface area contributed by atoms with Crippen molar-refractivity contribution in [1.82, 2.24) is 4.57 Å². The van der Waals surface area contributed by atoms with Crippen LogP contribution in [0.15, 0.2) is 105 Å². The first-order valence-electron chi connectivity index (χ1n) is 12.8. The zero-order valence-corrected chi connectivity index (χ0v) is 21.8. The molecule has 0 fully saturated rings. The molecular weight excluding hydrogens is 527 g/mol. The molecule has 40 heavy (non-hydrogen) atoms. The van der Waals surface area contributed by atoms with Crippen LogP contribution in [0.1, 0.15) is 45.3 Å². The van der Waals surface area contributed by atoms with Crippen molar-refractivity contribution in [3.8, 4) is 11.3 Å². The lowest BCUT2D eigenvalue weighted by Crippen LogP contribution is -2.38. The van der Waals surface area contributed by atoms with E-state index in [1.165, 1.54) is 35.1 Å². The number of nitrogens with zero attached hydrogens (tertiary/aromatic N) is 2. The molecule has 1 atom stereocenters. The number of carboxylic acid groups (broad SMARTS) is 1. The maximum Gasteiger partial charge on any atom is 0.335 e.